The summed E-state index contributed by atoms with van der Waals surface area (Å²) in [5.41, 5.74) is 2.01. The van der Waals surface area contributed by atoms with Gasteiger partial charge in [0.1, 0.15) is 11.6 Å². The number of benzene rings is 1. The number of nitrogens with zero attached hydrogens (tertiary/aromatic N) is 2. The Hall–Kier alpha value is -1.84. The van der Waals surface area contributed by atoms with Crippen molar-refractivity contribution >= 4 is 10.0 Å². The van der Waals surface area contributed by atoms with E-state index in [0.717, 1.165) is 29.8 Å². The van der Waals surface area contributed by atoms with E-state index in [9.17, 15) is 17.2 Å². The summed E-state index contributed by atoms with van der Waals surface area (Å²) in [4.78, 5) is -0.439. The molecule has 1 aliphatic heterocycles. The van der Waals surface area contributed by atoms with Gasteiger partial charge in [-0.25, -0.2) is 21.9 Å². The lowest BCUT2D eigenvalue weighted by atomic mass is 10.2. The van der Waals surface area contributed by atoms with Crippen LogP contribution in [0.25, 0.3) is 0 Å². The minimum absolute atomic E-state index is 0.0649. The third-order valence-electron chi connectivity index (χ3n) is 3.54. The van der Waals surface area contributed by atoms with E-state index in [4.69, 9.17) is 4.74 Å². The SMILES string of the molecule is O=S(=O)(NCCn1ncc2c1CCOC2)c1cc(F)cc(F)c1. The third kappa shape index (κ3) is 3.57. The second kappa shape index (κ2) is 6.34. The molecule has 124 valence electrons. The van der Waals surface area contributed by atoms with Gasteiger partial charge >= 0.3 is 0 Å². The van der Waals surface area contributed by atoms with Gasteiger partial charge in [-0.15, -0.1) is 0 Å². The molecule has 0 aliphatic carbocycles. The fraction of sp³-hybridized carbons (Fsp3) is 0.357. The van der Waals surface area contributed by atoms with Crippen LogP contribution < -0.4 is 4.72 Å². The molecule has 0 spiro atoms. The summed E-state index contributed by atoms with van der Waals surface area (Å²) in [5, 5.41) is 4.20. The summed E-state index contributed by atoms with van der Waals surface area (Å²) < 4.78 is 59.7. The molecule has 0 bridgehead atoms. The molecule has 2 aromatic rings. The van der Waals surface area contributed by atoms with Gasteiger partial charge in [0.15, 0.2) is 0 Å². The van der Waals surface area contributed by atoms with Crippen molar-refractivity contribution in [3.63, 3.8) is 0 Å². The van der Waals surface area contributed by atoms with Crippen molar-refractivity contribution in [3.05, 3.63) is 47.3 Å². The van der Waals surface area contributed by atoms with Crippen LogP contribution in [0.5, 0.6) is 0 Å². The van der Waals surface area contributed by atoms with E-state index >= 15 is 0 Å². The van der Waals surface area contributed by atoms with Gasteiger partial charge in [-0.1, -0.05) is 0 Å². The first-order valence-electron chi connectivity index (χ1n) is 7.03. The van der Waals surface area contributed by atoms with Crippen molar-refractivity contribution < 1.29 is 21.9 Å². The predicted octanol–water partition coefficient (Wildman–Crippen LogP) is 1.21. The second-order valence-electron chi connectivity index (χ2n) is 5.15. The van der Waals surface area contributed by atoms with E-state index in [1.165, 1.54) is 0 Å². The maximum atomic E-state index is 13.1. The van der Waals surface area contributed by atoms with Crippen molar-refractivity contribution in [1.82, 2.24) is 14.5 Å². The van der Waals surface area contributed by atoms with E-state index in [1.807, 2.05) is 0 Å². The number of hydrogen-bond acceptors (Lipinski definition) is 4. The molecule has 6 nitrogen and oxygen atoms in total. The topological polar surface area (TPSA) is 73.2 Å². The lowest BCUT2D eigenvalue weighted by molar-refractivity contribution is 0.109. The number of fused-ring (bicyclic) bond motifs is 1. The lowest BCUT2D eigenvalue weighted by Gasteiger charge is -2.15. The molecule has 23 heavy (non-hydrogen) atoms. The number of nitrogens with one attached hydrogen (secondary N) is 1. The average molecular weight is 343 g/mol. The molecule has 1 aromatic heterocycles. The van der Waals surface area contributed by atoms with Crippen LogP contribution in [0.2, 0.25) is 0 Å². The molecule has 1 aromatic carbocycles. The van der Waals surface area contributed by atoms with Gasteiger partial charge in [-0.3, -0.25) is 4.68 Å². The molecule has 1 aliphatic rings. The van der Waals surface area contributed by atoms with Crippen LogP contribution in [-0.2, 0) is 34.3 Å². The normalized spacial score (nSPS) is 14.7. The first kappa shape index (κ1) is 16.0. The standard InChI is InChI=1S/C14H15F2N3O3S/c15-11-5-12(16)7-13(6-11)23(20,21)18-2-3-19-14-1-4-22-9-10(14)8-17-19/h5-8,18H,1-4,9H2. The zero-order valence-corrected chi connectivity index (χ0v) is 12.9. The zero-order chi connectivity index (χ0) is 16.4. The van der Waals surface area contributed by atoms with E-state index < -0.39 is 26.6 Å². The van der Waals surface area contributed by atoms with Crippen LogP contribution in [0.4, 0.5) is 8.78 Å². The van der Waals surface area contributed by atoms with Gasteiger partial charge in [0.25, 0.3) is 0 Å². The number of ether oxygens (including phenoxy) is 1. The Balaban J connectivity index is 1.67. The first-order valence-corrected chi connectivity index (χ1v) is 8.51. The van der Waals surface area contributed by atoms with Gasteiger partial charge in [-0.05, 0) is 12.1 Å². The Labute approximate surface area is 132 Å². The van der Waals surface area contributed by atoms with E-state index in [-0.39, 0.29) is 6.54 Å². The van der Waals surface area contributed by atoms with Crippen molar-refractivity contribution in [2.45, 2.75) is 24.5 Å². The number of aromatic nitrogens is 2. The van der Waals surface area contributed by atoms with E-state index in [2.05, 4.69) is 9.82 Å². The van der Waals surface area contributed by atoms with Crippen LogP contribution in [0.1, 0.15) is 11.3 Å². The molecule has 0 fully saturated rings. The molecule has 2 heterocycles. The fourth-order valence-corrected chi connectivity index (χ4v) is 3.52. The molecule has 0 atom stereocenters. The molecular formula is C14H15F2N3O3S. The van der Waals surface area contributed by atoms with Gasteiger partial charge in [0, 0.05) is 30.3 Å². The number of rotatable bonds is 5. The highest BCUT2D eigenvalue weighted by molar-refractivity contribution is 7.89. The van der Waals surface area contributed by atoms with Gasteiger partial charge < -0.3 is 4.74 Å². The molecule has 0 unspecified atom stereocenters. The maximum absolute atomic E-state index is 13.1. The largest absolute Gasteiger partial charge is 0.376 e. The Kier molecular flexibility index (Phi) is 4.42. The van der Waals surface area contributed by atoms with Crippen LogP contribution in [0, 0.1) is 11.6 Å². The van der Waals surface area contributed by atoms with Gasteiger partial charge in [0.2, 0.25) is 10.0 Å². The Morgan fingerprint density at radius 3 is 2.74 bits per heavy atom. The first-order chi connectivity index (χ1) is 11.0. The number of hydrogen-bond donors (Lipinski definition) is 1. The van der Waals surface area contributed by atoms with Crippen molar-refractivity contribution in [1.29, 1.82) is 0 Å². The summed E-state index contributed by atoms with van der Waals surface area (Å²) >= 11 is 0. The summed E-state index contributed by atoms with van der Waals surface area (Å²) in [6.45, 7) is 1.50. The maximum Gasteiger partial charge on any atom is 0.240 e. The molecule has 0 amide bonds. The average Bonchev–Trinajstić information content (AvgIpc) is 2.90. The highest BCUT2D eigenvalue weighted by Gasteiger charge is 2.18. The number of halogens is 2. The van der Waals surface area contributed by atoms with Crippen molar-refractivity contribution in [2.75, 3.05) is 13.2 Å². The highest BCUT2D eigenvalue weighted by Crippen LogP contribution is 2.16. The summed E-state index contributed by atoms with van der Waals surface area (Å²) in [5.74, 6) is -1.88. The molecule has 1 N–H and O–H groups in total. The van der Waals surface area contributed by atoms with E-state index in [0.29, 0.717) is 25.8 Å². The Bertz CT molecular complexity index is 800. The van der Waals surface area contributed by atoms with Crippen LogP contribution in [0.15, 0.2) is 29.3 Å². The Morgan fingerprint density at radius 2 is 2.00 bits per heavy atom. The minimum atomic E-state index is -3.98. The Morgan fingerprint density at radius 1 is 1.26 bits per heavy atom. The van der Waals surface area contributed by atoms with Crippen molar-refractivity contribution in [2.24, 2.45) is 0 Å². The zero-order valence-electron chi connectivity index (χ0n) is 12.1. The van der Waals surface area contributed by atoms with Gasteiger partial charge in [0.05, 0.1) is 30.9 Å². The van der Waals surface area contributed by atoms with Crippen LogP contribution in [0.3, 0.4) is 0 Å². The minimum Gasteiger partial charge on any atom is -0.376 e. The van der Waals surface area contributed by atoms with Crippen LogP contribution >= 0.6 is 0 Å². The molecule has 0 saturated heterocycles. The second-order valence-corrected chi connectivity index (χ2v) is 6.91. The number of sulfonamides is 1. The van der Waals surface area contributed by atoms with E-state index in [1.54, 1.807) is 10.9 Å². The molecule has 0 radical (unpaired) electrons. The third-order valence-corrected chi connectivity index (χ3v) is 4.98. The molecular weight excluding hydrogens is 328 g/mol. The summed E-state index contributed by atoms with van der Waals surface area (Å²) in [6.07, 6.45) is 2.42. The summed E-state index contributed by atoms with van der Waals surface area (Å²) in [6, 6.07) is 2.17. The van der Waals surface area contributed by atoms with Gasteiger partial charge in [-0.2, -0.15) is 5.10 Å². The van der Waals surface area contributed by atoms with Crippen molar-refractivity contribution in [3.8, 4) is 0 Å². The monoisotopic (exact) mass is 343 g/mol. The quantitative estimate of drug-likeness (QED) is 0.886. The predicted molar refractivity (Wildman–Crippen MR) is 77.1 cm³/mol. The summed E-state index contributed by atoms with van der Waals surface area (Å²) in [7, 11) is -3.98. The highest BCUT2D eigenvalue weighted by atomic mass is 32.2. The lowest BCUT2D eigenvalue weighted by Crippen LogP contribution is -2.28. The molecule has 9 heteroatoms. The molecule has 0 saturated carbocycles. The van der Waals surface area contributed by atoms with Crippen LogP contribution in [-0.4, -0.2) is 31.3 Å². The smallest absolute Gasteiger partial charge is 0.240 e. The fourth-order valence-electron chi connectivity index (χ4n) is 2.46. The molecule has 3 rings (SSSR count).